The van der Waals surface area contributed by atoms with E-state index in [1.54, 1.807) is 18.2 Å². The first-order chi connectivity index (χ1) is 9.08. The van der Waals surface area contributed by atoms with Crippen molar-refractivity contribution < 1.29 is 13.6 Å². The lowest BCUT2D eigenvalue weighted by Gasteiger charge is -2.20. The van der Waals surface area contributed by atoms with Gasteiger partial charge in [0.05, 0.1) is 10.8 Å². The van der Waals surface area contributed by atoms with Crippen LogP contribution in [0.3, 0.4) is 0 Å². The van der Waals surface area contributed by atoms with Gasteiger partial charge in [0.15, 0.2) is 16.9 Å². The molecule has 0 heterocycles. The van der Waals surface area contributed by atoms with Gasteiger partial charge in [-0.05, 0) is 30.5 Å². The van der Waals surface area contributed by atoms with Crippen LogP contribution in [0, 0.1) is 5.92 Å². The average molecular weight is 301 g/mol. The molecule has 5 heteroatoms. The molecule has 0 radical (unpaired) electrons. The van der Waals surface area contributed by atoms with Gasteiger partial charge in [-0.2, -0.15) is 0 Å². The smallest absolute Gasteiger partial charge is 0.167 e. The topological polar surface area (TPSA) is 54.4 Å². The van der Waals surface area contributed by atoms with Crippen molar-refractivity contribution in [2.45, 2.75) is 37.9 Å². The Morgan fingerprint density at radius 3 is 2.58 bits per heavy atom. The van der Waals surface area contributed by atoms with Crippen molar-refractivity contribution in [1.82, 2.24) is 0 Å². The second-order valence-electron chi connectivity index (χ2n) is 4.98. The highest BCUT2D eigenvalue weighted by Crippen LogP contribution is 2.29. The fraction of sp³-hybridized carbons (Fsp3) is 0.500. The molecule has 1 saturated carbocycles. The van der Waals surface area contributed by atoms with Crippen molar-refractivity contribution in [2.24, 2.45) is 5.92 Å². The van der Waals surface area contributed by atoms with Gasteiger partial charge in [-0.25, -0.2) is 4.21 Å². The van der Waals surface area contributed by atoms with Gasteiger partial charge < -0.3 is 4.55 Å². The van der Waals surface area contributed by atoms with Gasteiger partial charge in [0.25, 0.3) is 0 Å². The first-order valence-corrected chi connectivity index (χ1v) is 8.13. The largest absolute Gasteiger partial charge is 0.306 e. The molecule has 2 rings (SSSR count). The average Bonchev–Trinajstić information content (AvgIpc) is 2.38. The van der Waals surface area contributed by atoms with Gasteiger partial charge in [0.1, 0.15) is 0 Å². The summed E-state index contributed by atoms with van der Waals surface area (Å²) >= 11 is 4.24. The van der Waals surface area contributed by atoms with E-state index in [1.807, 2.05) is 0 Å². The summed E-state index contributed by atoms with van der Waals surface area (Å²) in [6.45, 7) is 0. The molecular formula is C14H17ClO3S. The van der Waals surface area contributed by atoms with E-state index in [0.717, 1.165) is 25.7 Å². The van der Waals surface area contributed by atoms with Gasteiger partial charge in [0, 0.05) is 11.5 Å². The van der Waals surface area contributed by atoms with E-state index in [4.69, 9.17) is 16.2 Å². The standard InChI is InChI=1S/C14H17ClO3S/c15-13-8-10(9-19(17)18)6-7-12(13)14(16)11-4-2-1-3-5-11/h6-8,11H,1-5,9H2,(H,17,18). The Morgan fingerprint density at radius 1 is 1.32 bits per heavy atom. The third kappa shape index (κ3) is 3.88. The Morgan fingerprint density at radius 2 is 2.00 bits per heavy atom. The van der Waals surface area contributed by atoms with Crippen molar-refractivity contribution in [1.29, 1.82) is 0 Å². The molecule has 1 aliphatic carbocycles. The summed E-state index contributed by atoms with van der Waals surface area (Å²) in [6, 6.07) is 5.00. The molecule has 1 atom stereocenters. The predicted molar refractivity (Wildman–Crippen MR) is 76.8 cm³/mol. The van der Waals surface area contributed by atoms with E-state index in [1.165, 1.54) is 6.42 Å². The van der Waals surface area contributed by atoms with Gasteiger partial charge in [-0.1, -0.05) is 36.9 Å². The van der Waals surface area contributed by atoms with Crippen LogP contribution in [0.4, 0.5) is 0 Å². The highest BCUT2D eigenvalue weighted by Gasteiger charge is 2.24. The fourth-order valence-corrected chi connectivity index (χ4v) is 3.34. The van der Waals surface area contributed by atoms with Gasteiger partial charge in [-0.3, -0.25) is 4.79 Å². The second-order valence-corrected chi connectivity index (χ2v) is 6.32. The van der Waals surface area contributed by atoms with Crippen LogP contribution in [0.2, 0.25) is 5.02 Å². The Kier molecular flexibility index (Phi) is 5.13. The van der Waals surface area contributed by atoms with Crippen LogP contribution in [0.15, 0.2) is 18.2 Å². The normalized spacial score (nSPS) is 18.2. The van der Waals surface area contributed by atoms with Crippen LogP contribution in [0.1, 0.15) is 48.0 Å². The molecule has 1 aromatic rings. The van der Waals surface area contributed by atoms with Crippen molar-refractivity contribution in [3.05, 3.63) is 34.3 Å². The lowest BCUT2D eigenvalue weighted by atomic mass is 9.84. The molecule has 0 amide bonds. The number of carbonyl (C=O) groups is 1. The van der Waals surface area contributed by atoms with E-state index >= 15 is 0 Å². The fourth-order valence-electron chi connectivity index (χ4n) is 2.58. The summed E-state index contributed by atoms with van der Waals surface area (Å²) in [5.41, 5.74) is 1.21. The maximum Gasteiger partial charge on any atom is 0.167 e. The van der Waals surface area contributed by atoms with Crippen LogP contribution in [0.5, 0.6) is 0 Å². The maximum absolute atomic E-state index is 12.4. The van der Waals surface area contributed by atoms with Crippen LogP contribution in [-0.2, 0) is 16.8 Å². The minimum Gasteiger partial charge on any atom is -0.306 e. The number of halogens is 1. The number of hydrogen-bond acceptors (Lipinski definition) is 2. The van der Waals surface area contributed by atoms with Crippen LogP contribution < -0.4 is 0 Å². The number of rotatable bonds is 4. The molecule has 0 spiro atoms. The number of hydrogen-bond donors (Lipinski definition) is 1. The predicted octanol–water partition coefficient (Wildman–Crippen LogP) is 3.82. The summed E-state index contributed by atoms with van der Waals surface area (Å²) in [5.74, 6) is 0.239. The van der Waals surface area contributed by atoms with E-state index < -0.39 is 11.1 Å². The van der Waals surface area contributed by atoms with E-state index in [0.29, 0.717) is 16.1 Å². The zero-order valence-corrected chi connectivity index (χ0v) is 12.2. The summed E-state index contributed by atoms with van der Waals surface area (Å²) in [4.78, 5) is 12.4. The molecule has 1 aromatic carbocycles. The Hall–Kier alpha value is -0.710. The van der Waals surface area contributed by atoms with Crippen LogP contribution in [-0.4, -0.2) is 14.5 Å². The lowest BCUT2D eigenvalue weighted by Crippen LogP contribution is -2.18. The Bertz CT molecular complexity index is 495. The van der Waals surface area contributed by atoms with Crippen molar-refractivity contribution in [3.8, 4) is 0 Å². The summed E-state index contributed by atoms with van der Waals surface area (Å²) in [5, 5.41) is 0.388. The van der Waals surface area contributed by atoms with E-state index in [9.17, 15) is 9.00 Å². The van der Waals surface area contributed by atoms with Crippen LogP contribution in [0.25, 0.3) is 0 Å². The van der Waals surface area contributed by atoms with E-state index in [2.05, 4.69) is 0 Å². The molecule has 0 bridgehead atoms. The highest BCUT2D eigenvalue weighted by molar-refractivity contribution is 7.78. The van der Waals surface area contributed by atoms with Gasteiger partial charge in [0.2, 0.25) is 0 Å². The molecule has 1 fully saturated rings. The van der Waals surface area contributed by atoms with Crippen molar-refractivity contribution in [3.63, 3.8) is 0 Å². The number of carbonyl (C=O) groups excluding carboxylic acids is 1. The SMILES string of the molecule is O=C(c1ccc(CS(=O)O)cc1Cl)C1CCCCC1. The molecule has 0 aromatic heterocycles. The molecule has 1 aliphatic rings. The number of ketones is 1. The highest BCUT2D eigenvalue weighted by atomic mass is 35.5. The van der Waals surface area contributed by atoms with Gasteiger partial charge >= 0.3 is 0 Å². The third-order valence-corrected chi connectivity index (χ3v) is 4.46. The molecular weight excluding hydrogens is 284 g/mol. The van der Waals surface area contributed by atoms with Gasteiger partial charge in [-0.15, -0.1) is 0 Å². The lowest BCUT2D eigenvalue weighted by molar-refractivity contribution is 0.0889. The second kappa shape index (κ2) is 6.64. The first-order valence-electron chi connectivity index (χ1n) is 6.48. The third-order valence-electron chi connectivity index (χ3n) is 3.57. The number of Topliss-reactive ketones (excluding diaryl/α,β-unsaturated/α-hetero) is 1. The van der Waals surface area contributed by atoms with Crippen LogP contribution >= 0.6 is 11.6 Å². The molecule has 104 valence electrons. The summed E-state index contributed by atoms with van der Waals surface area (Å²) in [6.07, 6.45) is 5.30. The molecule has 3 nitrogen and oxygen atoms in total. The summed E-state index contributed by atoms with van der Waals surface area (Å²) < 4.78 is 19.6. The molecule has 0 aliphatic heterocycles. The van der Waals surface area contributed by atoms with E-state index in [-0.39, 0.29) is 17.5 Å². The monoisotopic (exact) mass is 300 g/mol. The molecule has 0 saturated heterocycles. The summed E-state index contributed by atoms with van der Waals surface area (Å²) in [7, 11) is 0. The quantitative estimate of drug-likeness (QED) is 0.679. The Balaban J connectivity index is 2.15. The Labute approximate surface area is 120 Å². The minimum absolute atomic E-state index is 0.0393. The minimum atomic E-state index is -1.89. The maximum atomic E-state index is 12.4. The zero-order chi connectivity index (χ0) is 13.8. The first kappa shape index (κ1) is 14.7. The molecule has 1 unspecified atom stereocenters. The number of benzene rings is 1. The van der Waals surface area contributed by atoms with Crippen molar-refractivity contribution >= 4 is 28.5 Å². The zero-order valence-electron chi connectivity index (χ0n) is 10.6. The molecule has 1 N–H and O–H groups in total. The molecule has 19 heavy (non-hydrogen) atoms. The van der Waals surface area contributed by atoms with Crippen molar-refractivity contribution in [2.75, 3.05) is 0 Å².